The van der Waals surface area contributed by atoms with Crippen molar-refractivity contribution < 1.29 is 23.7 Å². The normalized spacial score (nSPS) is 23.3. The average molecular weight is 387 g/mol. The smallest absolute Gasteiger partial charge is 0.189 e. The van der Waals surface area contributed by atoms with Crippen molar-refractivity contribution in [1.29, 1.82) is 0 Å². The van der Waals surface area contributed by atoms with E-state index in [2.05, 4.69) is 13.8 Å². The van der Waals surface area contributed by atoms with Crippen molar-refractivity contribution in [1.82, 2.24) is 0 Å². The standard InChI is InChI=1S/C22H42O5/c1-3-5-7-9-11-13-15-23-21(19-17-25-19)27-22(20-18-26-20)24-16-14-12-10-8-6-4-2/h19-22H,3-18H2,1-2H3. The van der Waals surface area contributed by atoms with Gasteiger partial charge in [0.1, 0.15) is 12.2 Å². The minimum Gasteiger partial charge on any atom is -0.368 e. The van der Waals surface area contributed by atoms with E-state index >= 15 is 0 Å². The highest BCUT2D eigenvalue weighted by Gasteiger charge is 2.41. The van der Waals surface area contributed by atoms with Gasteiger partial charge >= 0.3 is 0 Å². The Morgan fingerprint density at radius 3 is 1.37 bits per heavy atom. The van der Waals surface area contributed by atoms with Gasteiger partial charge in [-0.2, -0.15) is 0 Å². The Morgan fingerprint density at radius 1 is 0.630 bits per heavy atom. The lowest BCUT2D eigenvalue weighted by Gasteiger charge is -2.23. The molecule has 2 rings (SSSR count). The SMILES string of the molecule is CCCCCCCCOC(OC(OCCCCCCCC)C1CO1)C1CO1. The monoisotopic (exact) mass is 386 g/mol. The second-order valence-corrected chi connectivity index (χ2v) is 7.89. The maximum Gasteiger partial charge on any atom is 0.189 e. The van der Waals surface area contributed by atoms with Gasteiger partial charge in [0.2, 0.25) is 0 Å². The van der Waals surface area contributed by atoms with Crippen LogP contribution in [0.25, 0.3) is 0 Å². The van der Waals surface area contributed by atoms with E-state index in [9.17, 15) is 0 Å². The quantitative estimate of drug-likeness (QED) is 0.163. The van der Waals surface area contributed by atoms with Crippen molar-refractivity contribution in [3.63, 3.8) is 0 Å². The predicted octanol–water partition coefficient (Wildman–Crippen LogP) is 5.21. The fraction of sp³-hybridized carbons (Fsp3) is 1.00. The van der Waals surface area contributed by atoms with E-state index < -0.39 is 0 Å². The Labute approximate surface area is 166 Å². The highest BCUT2D eigenvalue weighted by molar-refractivity contribution is 4.79. The van der Waals surface area contributed by atoms with Crippen molar-refractivity contribution in [2.45, 2.75) is 116 Å². The Bertz CT molecular complexity index is 312. The number of hydrogen-bond acceptors (Lipinski definition) is 5. The second-order valence-electron chi connectivity index (χ2n) is 7.89. The maximum absolute atomic E-state index is 6.09. The van der Waals surface area contributed by atoms with Gasteiger partial charge in [-0.05, 0) is 12.8 Å². The first-order chi connectivity index (χ1) is 13.3. The Hall–Kier alpha value is -0.200. The van der Waals surface area contributed by atoms with Crippen LogP contribution in [0.1, 0.15) is 90.9 Å². The molecule has 2 aliphatic rings. The van der Waals surface area contributed by atoms with E-state index in [-0.39, 0.29) is 24.8 Å². The van der Waals surface area contributed by atoms with Crippen molar-refractivity contribution in [2.75, 3.05) is 26.4 Å². The molecule has 0 N–H and O–H groups in total. The molecule has 0 spiro atoms. The molecule has 0 aromatic carbocycles. The summed E-state index contributed by atoms with van der Waals surface area (Å²) in [4.78, 5) is 0. The van der Waals surface area contributed by atoms with Gasteiger partial charge in [0, 0.05) is 13.2 Å². The third kappa shape index (κ3) is 11.4. The molecule has 5 nitrogen and oxygen atoms in total. The van der Waals surface area contributed by atoms with Crippen LogP contribution in [0, 0.1) is 0 Å². The number of epoxide rings is 2. The lowest BCUT2D eigenvalue weighted by Crippen LogP contribution is -2.34. The van der Waals surface area contributed by atoms with Crippen LogP contribution in [0.5, 0.6) is 0 Å². The fourth-order valence-electron chi connectivity index (χ4n) is 3.19. The third-order valence-corrected chi connectivity index (χ3v) is 5.15. The maximum atomic E-state index is 6.09. The number of ether oxygens (including phenoxy) is 5. The van der Waals surface area contributed by atoms with Gasteiger partial charge in [0.25, 0.3) is 0 Å². The zero-order chi connectivity index (χ0) is 19.2. The van der Waals surface area contributed by atoms with Crippen molar-refractivity contribution in [2.24, 2.45) is 0 Å². The molecule has 5 heteroatoms. The highest BCUT2D eigenvalue weighted by Crippen LogP contribution is 2.26. The van der Waals surface area contributed by atoms with Gasteiger partial charge in [-0.3, -0.25) is 0 Å². The molecule has 2 aliphatic heterocycles. The van der Waals surface area contributed by atoms with Crippen LogP contribution in [0.3, 0.4) is 0 Å². The summed E-state index contributed by atoms with van der Waals surface area (Å²) in [7, 11) is 0. The summed E-state index contributed by atoms with van der Waals surface area (Å²) < 4.78 is 28.9. The second kappa shape index (κ2) is 14.7. The van der Waals surface area contributed by atoms with E-state index in [4.69, 9.17) is 23.7 Å². The van der Waals surface area contributed by atoms with E-state index in [1.807, 2.05) is 0 Å². The highest BCUT2D eigenvalue weighted by atomic mass is 16.8. The number of unbranched alkanes of at least 4 members (excludes halogenated alkanes) is 10. The minimum atomic E-state index is -0.320. The summed E-state index contributed by atoms with van der Waals surface area (Å²) in [5, 5.41) is 0. The van der Waals surface area contributed by atoms with Crippen LogP contribution < -0.4 is 0 Å². The lowest BCUT2D eigenvalue weighted by molar-refractivity contribution is -0.256. The zero-order valence-corrected chi connectivity index (χ0v) is 17.7. The fourth-order valence-corrected chi connectivity index (χ4v) is 3.19. The summed E-state index contributed by atoms with van der Waals surface area (Å²) in [6.07, 6.45) is 14.6. The molecule has 0 bridgehead atoms. The van der Waals surface area contributed by atoms with Crippen molar-refractivity contribution in [3.05, 3.63) is 0 Å². The molecule has 4 atom stereocenters. The van der Waals surface area contributed by atoms with E-state index in [0.29, 0.717) is 0 Å². The zero-order valence-electron chi connectivity index (χ0n) is 17.7. The van der Waals surface area contributed by atoms with E-state index in [1.165, 1.54) is 64.2 Å². The number of rotatable bonds is 20. The number of hydrogen-bond donors (Lipinski definition) is 0. The van der Waals surface area contributed by atoms with Gasteiger partial charge in [0.15, 0.2) is 12.6 Å². The molecule has 27 heavy (non-hydrogen) atoms. The molecule has 0 aromatic heterocycles. The summed E-state index contributed by atoms with van der Waals surface area (Å²) in [6.45, 7) is 7.39. The minimum absolute atomic E-state index is 0.0592. The average Bonchev–Trinajstić information content (AvgIpc) is 3.57. The first-order valence-corrected chi connectivity index (χ1v) is 11.5. The Morgan fingerprint density at radius 2 is 1.00 bits per heavy atom. The van der Waals surface area contributed by atoms with Crippen LogP contribution in [0.2, 0.25) is 0 Å². The molecule has 160 valence electrons. The van der Waals surface area contributed by atoms with Crippen LogP contribution in [-0.2, 0) is 23.7 Å². The van der Waals surface area contributed by atoms with Crippen LogP contribution in [-0.4, -0.2) is 51.2 Å². The lowest BCUT2D eigenvalue weighted by atomic mass is 10.1. The van der Waals surface area contributed by atoms with E-state index in [1.54, 1.807) is 0 Å². The molecule has 2 heterocycles. The topological polar surface area (TPSA) is 52.8 Å². The molecular weight excluding hydrogens is 344 g/mol. The van der Waals surface area contributed by atoms with Gasteiger partial charge < -0.3 is 23.7 Å². The van der Waals surface area contributed by atoms with Crippen LogP contribution in [0.4, 0.5) is 0 Å². The molecular formula is C22H42O5. The van der Waals surface area contributed by atoms with Gasteiger partial charge in [-0.25, -0.2) is 0 Å². The van der Waals surface area contributed by atoms with Crippen molar-refractivity contribution >= 4 is 0 Å². The van der Waals surface area contributed by atoms with E-state index in [0.717, 1.165) is 39.3 Å². The Kier molecular flexibility index (Phi) is 12.6. The largest absolute Gasteiger partial charge is 0.368 e. The van der Waals surface area contributed by atoms with Gasteiger partial charge in [-0.15, -0.1) is 0 Å². The van der Waals surface area contributed by atoms with Gasteiger partial charge in [-0.1, -0.05) is 78.1 Å². The summed E-state index contributed by atoms with van der Waals surface area (Å²) in [5.74, 6) is 0. The van der Waals surface area contributed by atoms with Crippen LogP contribution >= 0.6 is 0 Å². The first-order valence-electron chi connectivity index (χ1n) is 11.5. The molecule has 0 saturated carbocycles. The van der Waals surface area contributed by atoms with Crippen LogP contribution in [0.15, 0.2) is 0 Å². The molecule has 2 fully saturated rings. The molecule has 0 amide bonds. The molecule has 4 unspecified atom stereocenters. The molecule has 0 aromatic rings. The Balaban J connectivity index is 1.56. The summed E-state index contributed by atoms with van der Waals surface area (Å²) in [5.41, 5.74) is 0. The summed E-state index contributed by atoms with van der Waals surface area (Å²) >= 11 is 0. The molecule has 0 radical (unpaired) electrons. The molecule has 0 aliphatic carbocycles. The molecule has 2 saturated heterocycles. The third-order valence-electron chi connectivity index (χ3n) is 5.15. The van der Waals surface area contributed by atoms with Crippen molar-refractivity contribution in [3.8, 4) is 0 Å². The predicted molar refractivity (Wildman–Crippen MR) is 107 cm³/mol. The first kappa shape index (κ1) is 23.1. The summed E-state index contributed by atoms with van der Waals surface area (Å²) in [6, 6.07) is 0. The van der Waals surface area contributed by atoms with Gasteiger partial charge in [0.05, 0.1) is 13.2 Å².